The average Bonchev–Trinajstić information content (AvgIpc) is 3.90. The summed E-state index contributed by atoms with van der Waals surface area (Å²) in [6, 6.07) is 8.02. The summed E-state index contributed by atoms with van der Waals surface area (Å²) >= 11 is 0. The number of phenolic OH excluding ortho intramolecular Hbond substituents is 1. The van der Waals surface area contributed by atoms with E-state index < -0.39 is 40.7 Å². The molecule has 0 radical (unpaired) electrons. The lowest BCUT2D eigenvalue weighted by molar-refractivity contribution is -0.120. The number of piperazine rings is 1. The second-order valence-electron chi connectivity index (χ2n) is 16.5. The van der Waals surface area contributed by atoms with Gasteiger partial charge in [-0.1, -0.05) is 11.2 Å². The molecule has 5 aliphatic rings. The molecule has 314 valence electrons. The van der Waals surface area contributed by atoms with E-state index in [9.17, 15) is 32.7 Å². The number of aryl methyl sites for hydroxylation is 2. The number of hydrogen-bond acceptors (Lipinski definition) is 12. The molecule has 0 atom stereocenters. The third-order valence-corrected chi connectivity index (χ3v) is 13.0. The molecule has 2 aromatic carbocycles. The number of rotatable bonds is 11. The van der Waals surface area contributed by atoms with Gasteiger partial charge in [-0.05, 0) is 93.2 Å². The first-order valence-electron chi connectivity index (χ1n) is 20.3. The highest BCUT2D eigenvalue weighted by atomic mass is 19.2. The number of carbonyl (C=O) groups excluding carboxylic acids is 3. The van der Waals surface area contributed by atoms with Crippen LogP contribution in [0.25, 0.3) is 22.5 Å². The van der Waals surface area contributed by atoms with Gasteiger partial charge in [0.25, 0.3) is 11.8 Å². The van der Waals surface area contributed by atoms with E-state index in [2.05, 4.69) is 47.8 Å². The van der Waals surface area contributed by atoms with Crippen LogP contribution in [0.3, 0.4) is 0 Å². The number of fused-ring (bicyclic) bond motifs is 4. The van der Waals surface area contributed by atoms with Gasteiger partial charge >= 0.3 is 6.03 Å². The smallest absolute Gasteiger partial charge is 0.329 e. The molecule has 3 N–H and O–H groups in total. The third kappa shape index (κ3) is 7.28. The lowest BCUT2D eigenvalue weighted by Crippen LogP contribution is -2.49. The fourth-order valence-corrected chi connectivity index (χ4v) is 9.22. The summed E-state index contributed by atoms with van der Waals surface area (Å²) in [6.45, 7) is 4.72. The molecule has 3 aromatic heterocycles. The monoisotopic (exact) mass is 827 g/mol. The minimum absolute atomic E-state index is 0.223. The molecule has 2 aliphatic heterocycles. The Bertz CT molecular complexity index is 2480. The summed E-state index contributed by atoms with van der Waals surface area (Å²) in [6.07, 6.45) is 8.31. The molecule has 5 aromatic rings. The Labute approximate surface area is 342 Å². The molecule has 2 bridgehead atoms. The molecule has 16 nitrogen and oxygen atoms in total. The van der Waals surface area contributed by atoms with E-state index in [-0.39, 0.29) is 29.7 Å². The van der Waals surface area contributed by atoms with E-state index in [1.54, 1.807) is 16.9 Å². The Morgan fingerprint density at radius 2 is 1.73 bits per heavy atom. The summed E-state index contributed by atoms with van der Waals surface area (Å²) in [5.41, 5.74) is 1.34. The van der Waals surface area contributed by atoms with Gasteiger partial charge in [-0.15, -0.1) is 0 Å². The molecular weight excluding hydrogens is 784 g/mol. The molecular formula is C41H44F3N11O5. The first kappa shape index (κ1) is 39.4. The molecule has 3 aliphatic carbocycles. The number of halogens is 3. The van der Waals surface area contributed by atoms with Crippen LogP contribution in [0.15, 0.2) is 41.1 Å². The summed E-state index contributed by atoms with van der Waals surface area (Å²) in [7, 11) is 1.86. The molecule has 0 spiro atoms. The van der Waals surface area contributed by atoms with Crippen molar-refractivity contribution in [2.75, 3.05) is 55.6 Å². The van der Waals surface area contributed by atoms with E-state index in [1.807, 2.05) is 13.1 Å². The number of nitrogens with zero attached hydrogens (tertiary/aromatic N) is 9. The number of nitrogens with one attached hydrogen (secondary N) is 2. The van der Waals surface area contributed by atoms with Crippen LogP contribution in [-0.4, -0.2) is 104 Å². The van der Waals surface area contributed by atoms with Gasteiger partial charge in [-0.25, -0.2) is 23.5 Å². The van der Waals surface area contributed by atoms with Crippen LogP contribution >= 0.6 is 0 Å². The fourth-order valence-electron chi connectivity index (χ4n) is 9.22. The van der Waals surface area contributed by atoms with Gasteiger partial charge in [0.2, 0.25) is 17.7 Å². The summed E-state index contributed by atoms with van der Waals surface area (Å²) < 4.78 is 49.5. The van der Waals surface area contributed by atoms with Crippen LogP contribution in [0.1, 0.15) is 73.1 Å². The number of benzene rings is 2. The number of anilines is 2. The Morgan fingerprint density at radius 3 is 2.48 bits per heavy atom. The van der Waals surface area contributed by atoms with Crippen LogP contribution in [0.2, 0.25) is 0 Å². The fraction of sp³-hybridized carbons (Fsp3) is 0.463. The maximum atomic E-state index is 14.3. The number of aromatic nitrogens is 6. The molecule has 10 rings (SSSR count). The summed E-state index contributed by atoms with van der Waals surface area (Å²) in [5.74, 6) is -5.36. The number of phenols is 1. The molecule has 0 unspecified atom stereocenters. The summed E-state index contributed by atoms with van der Waals surface area (Å²) in [5, 5.41) is 24.2. The Balaban J connectivity index is 0.758. The van der Waals surface area contributed by atoms with Gasteiger partial charge in [0.05, 0.1) is 11.1 Å². The van der Waals surface area contributed by atoms with E-state index in [1.165, 1.54) is 10.5 Å². The predicted octanol–water partition coefficient (Wildman–Crippen LogP) is 4.76. The van der Waals surface area contributed by atoms with Gasteiger partial charge in [0.15, 0.2) is 29.0 Å². The number of urea groups is 1. The van der Waals surface area contributed by atoms with Crippen molar-refractivity contribution < 1.29 is 37.2 Å². The molecule has 3 saturated carbocycles. The van der Waals surface area contributed by atoms with E-state index in [0.717, 1.165) is 95.0 Å². The second-order valence-corrected chi connectivity index (χ2v) is 16.5. The maximum Gasteiger partial charge on any atom is 0.329 e. The normalized spacial score (nSPS) is 22.1. The number of hydrogen-bond donors (Lipinski definition) is 3. The average molecular weight is 828 g/mol. The van der Waals surface area contributed by atoms with E-state index in [0.29, 0.717) is 41.8 Å². The zero-order valence-electron chi connectivity index (χ0n) is 33.0. The Kier molecular flexibility index (Phi) is 10.2. The Hall–Kier alpha value is -6.11. The van der Waals surface area contributed by atoms with Crippen molar-refractivity contribution in [3.05, 3.63) is 70.9 Å². The molecule has 19 heteroatoms. The first-order chi connectivity index (χ1) is 28.9. The van der Waals surface area contributed by atoms with Crippen LogP contribution in [0.4, 0.5) is 29.7 Å². The number of aromatic hydroxyl groups is 1. The lowest BCUT2D eigenvalue weighted by atomic mass is 9.53. The van der Waals surface area contributed by atoms with Crippen LogP contribution in [0, 0.1) is 22.9 Å². The second kappa shape index (κ2) is 15.5. The van der Waals surface area contributed by atoms with Gasteiger partial charge in [-0.2, -0.15) is 14.5 Å². The van der Waals surface area contributed by atoms with Gasteiger partial charge < -0.3 is 19.8 Å². The lowest BCUT2D eigenvalue weighted by Gasteiger charge is -2.52. The zero-order chi connectivity index (χ0) is 41.8. The largest absolute Gasteiger partial charge is 0.503 e. The number of imide groups is 1. The maximum absolute atomic E-state index is 14.3. The first-order valence-corrected chi connectivity index (χ1v) is 20.3. The van der Waals surface area contributed by atoms with Gasteiger partial charge in [0, 0.05) is 69.7 Å². The predicted molar refractivity (Wildman–Crippen MR) is 211 cm³/mol. The quantitative estimate of drug-likeness (QED) is 0.155. The van der Waals surface area contributed by atoms with Crippen molar-refractivity contribution >= 4 is 40.5 Å². The zero-order valence-corrected chi connectivity index (χ0v) is 33.0. The van der Waals surface area contributed by atoms with Crippen molar-refractivity contribution in [1.29, 1.82) is 0 Å². The minimum atomic E-state index is -1.79. The molecule has 5 heterocycles. The third-order valence-electron chi connectivity index (χ3n) is 13.0. The number of amides is 4. The van der Waals surface area contributed by atoms with Crippen LogP contribution in [0.5, 0.6) is 5.75 Å². The number of carbonyl (C=O) groups is 3. The Morgan fingerprint density at radius 1 is 0.967 bits per heavy atom. The van der Waals surface area contributed by atoms with Crippen molar-refractivity contribution in [2.24, 2.45) is 12.5 Å². The van der Waals surface area contributed by atoms with Crippen LogP contribution < -0.4 is 20.4 Å². The molecule has 4 amide bonds. The van der Waals surface area contributed by atoms with Crippen molar-refractivity contribution in [3.63, 3.8) is 0 Å². The van der Waals surface area contributed by atoms with Crippen molar-refractivity contribution in [2.45, 2.75) is 63.2 Å². The minimum Gasteiger partial charge on any atom is -0.503 e. The highest BCUT2D eigenvalue weighted by Crippen LogP contribution is 2.57. The van der Waals surface area contributed by atoms with E-state index in [4.69, 9.17) is 14.5 Å². The molecule has 5 fully saturated rings. The van der Waals surface area contributed by atoms with E-state index >= 15 is 0 Å². The highest BCUT2D eigenvalue weighted by Gasteiger charge is 2.51. The highest BCUT2D eigenvalue weighted by molar-refractivity contribution is 6.08. The van der Waals surface area contributed by atoms with Crippen molar-refractivity contribution in [3.8, 4) is 17.3 Å². The van der Waals surface area contributed by atoms with Crippen LogP contribution in [-0.2, 0) is 23.7 Å². The SMILES string of the molecule is Cn1nc(N2CCC(=O)NC2=O)c2ccc(CCCN3CCN(c4nccc(-c5nc([C@]67CC[C@](CNC(=O)c8cc(F)c(O)c(F)c8F)(CC6)CC7)no5)n4)CC3)cc21. The van der Waals surface area contributed by atoms with Crippen molar-refractivity contribution in [1.82, 2.24) is 45.4 Å². The van der Waals surface area contributed by atoms with Gasteiger partial charge in [0.1, 0.15) is 5.69 Å². The van der Waals surface area contributed by atoms with Gasteiger partial charge in [-0.3, -0.25) is 29.4 Å². The topological polar surface area (TPSA) is 188 Å². The standard InChI is InChI=1S/C41H44F3N11O5/c1-52-29-21-24(4-5-25(29)34(50-52)55-16-7-30(56)48-39(55)59)3-2-15-53-17-19-54(20-18-53)38-45-14-6-28(47-38)36-49-37(51-60-36)41-11-8-40(9-12-41,10-13-41)23-46-35(58)26-22-27(42)33(57)32(44)31(26)43/h4-6,14,21-22,57H,2-3,7-13,15-20,23H2,1H3,(H,46,58)(H,48,56,59)/t40-,41+. The molecule has 60 heavy (non-hydrogen) atoms. The summed E-state index contributed by atoms with van der Waals surface area (Å²) in [4.78, 5) is 57.0. The molecule has 2 saturated heterocycles.